The Labute approximate surface area is 161 Å². The lowest BCUT2D eigenvalue weighted by Crippen LogP contribution is -2.29. The van der Waals surface area contributed by atoms with Crippen LogP contribution in [0.2, 0.25) is 0 Å². The zero-order valence-electron chi connectivity index (χ0n) is 14.7. The summed E-state index contributed by atoms with van der Waals surface area (Å²) in [5.41, 5.74) is 2.63. The maximum atomic E-state index is 12.2. The number of hydrogen-bond acceptors (Lipinski definition) is 5. The van der Waals surface area contributed by atoms with Crippen LogP contribution in [0.25, 0.3) is 17.3 Å². The van der Waals surface area contributed by atoms with E-state index in [-0.39, 0.29) is 0 Å². The number of anilines is 1. The second-order valence-corrected chi connectivity index (χ2v) is 6.57. The normalized spacial score (nSPS) is 11.9. The second-order valence-electron chi connectivity index (χ2n) is 5.72. The number of nitrogens with zero attached hydrogens (tertiary/aromatic N) is 1. The molecule has 0 aliphatic carbocycles. The molecule has 1 aromatic heterocycles. The number of ether oxygens (including phenoxy) is 1. The lowest BCUT2D eigenvalue weighted by Gasteiger charge is -2.10. The average molecular weight is 378 g/mol. The van der Waals surface area contributed by atoms with E-state index in [1.165, 1.54) is 24.3 Å². The van der Waals surface area contributed by atoms with E-state index in [2.05, 4.69) is 10.3 Å². The number of aromatic nitrogens is 1. The van der Waals surface area contributed by atoms with E-state index in [9.17, 15) is 9.59 Å². The highest BCUT2D eigenvalue weighted by molar-refractivity contribution is 7.14. The molecule has 0 spiro atoms. The van der Waals surface area contributed by atoms with Crippen LogP contribution in [0, 0.1) is 0 Å². The van der Waals surface area contributed by atoms with Crippen molar-refractivity contribution >= 4 is 34.4 Å². The Morgan fingerprint density at radius 1 is 1.07 bits per heavy atom. The molecular formula is C21H18N2O3S. The summed E-state index contributed by atoms with van der Waals surface area (Å²) in [7, 11) is 0. The fraction of sp³-hybridized carbons (Fsp3) is 0.0952. The summed E-state index contributed by atoms with van der Waals surface area (Å²) < 4.78 is 5.14. The molecule has 3 rings (SSSR count). The molecule has 2 aromatic carbocycles. The molecule has 0 unspecified atom stereocenters. The molecular weight excluding hydrogens is 360 g/mol. The summed E-state index contributed by atoms with van der Waals surface area (Å²) >= 11 is 1.32. The van der Waals surface area contributed by atoms with Gasteiger partial charge < -0.3 is 4.74 Å². The highest BCUT2D eigenvalue weighted by Gasteiger charge is 2.18. The van der Waals surface area contributed by atoms with Gasteiger partial charge in [0.2, 0.25) is 0 Å². The Bertz CT molecular complexity index is 936. The number of hydrogen-bond donors (Lipinski definition) is 1. The van der Waals surface area contributed by atoms with E-state index in [0.717, 1.165) is 16.8 Å². The van der Waals surface area contributed by atoms with Crippen molar-refractivity contribution in [1.82, 2.24) is 4.98 Å². The fourth-order valence-corrected chi connectivity index (χ4v) is 3.00. The lowest BCUT2D eigenvalue weighted by atomic mass is 10.2. The molecule has 3 aromatic rings. The number of carbonyl (C=O) groups excluding carboxylic acids is 2. The lowest BCUT2D eigenvalue weighted by molar-refractivity contribution is -0.148. The molecule has 5 nitrogen and oxygen atoms in total. The summed E-state index contributed by atoms with van der Waals surface area (Å²) in [6, 6.07) is 19.1. The molecule has 0 saturated heterocycles. The first kappa shape index (κ1) is 18.5. The maximum Gasteiger partial charge on any atom is 0.331 e. The van der Waals surface area contributed by atoms with Gasteiger partial charge in [0, 0.05) is 17.0 Å². The van der Waals surface area contributed by atoms with Crippen molar-refractivity contribution in [3.63, 3.8) is 0 Å². The van der Waals surface area contributed by atoms with Gasteiger partial charge in [-0.05, 0) is 18.6 Å². The number of amides is 1. The van der Waals surface area contributed by atoms with Crippen LogP contribution in [0.5, 0.6) is 0 Å². The predicted octanol–water partition coefficient (Wildman–Crippen LogP) is 4.39. The molecule has 0 bridgehead atoms. The average Bonchev–Trinajstić information content (AvgIpc) is 3.16. The van der Waals surface area contributed by atoms with Crippen molar-refractivity contribution in [2.24, 2.45) is 0 Å². The summed E-state index contributed by atoms with van der Waals surface area (Å²) in [4.78, 5) is 28.5. The first-order valence-corrected chi connectivity index (χ1v) is 9.25. The molecule has 0 fully saturated rings. The largest absolute Gasteiger partial charge is 0.449 e. The van der Waals surface area contributed by atoms with Crippen LogP contribution in [-0.2, 0) is 14.3 Å². The van der Waals surface area contributed by atoms with Crippen LogP contribution in [0.15, 0.2) is 72.1 Å². The maximum absolute atomic E-state index is 12.2. The minimum Gasteiger partial charge on any atom is -0.449 e. The Morgan fingerprint density at radius 3 is 2.44 bits per heavy atom. The van der Waals surface area contributed by atoms with Gasteiger partial charge in [-0.25, -0.2) is 9.78 Å². The Morgan fingerprint density at radius 2 is 1.74 bits per heavy atom. The topological polar surface area (TPSA) is 68.3 Å². The molecule has 136 valence electrons. The molecule has 1 N–H and O–H groups in total. The Kier molecular flexibility index (Phi) is 6.12. The van der Waals surface area contributed by atoms with Crippen LogP contribution in [0.1, 0.15) is 12.5 Å². The van der Waals surface area contributed by atoms with Crippen LogP contribution in [-0.4, -0.2) is 23.0 Å². The van der Waals surface area contributed by atoms with Crippen molar-refractivity contribution < 1.29 is 14.3 Å². The summed E-state index contributed by atoms with van der Waals surface area (Å²) in [5.74, 6) is -1.00. The van der Waals surface area contributed by atoms with E-state index >= 15 is 0 Å². The van der Waals surface area contributed by atoms with Crippen molar-refractivity contribution in [2.45, 2.75) is 13.0 Å². The van der Waals surface area contributed by atoms with Crippen LogP contribution >= 0.6 is 11.3 Å². The van der Waals surface area contributed by atoms with Crippen molar-refractivity contribution in [2.75, 3.05) is 5.32 Å². The fourth-order valence-electron chi connectivity index (χ4n) is 2.28. The number of esters is 1. The van der Waals surface area contributed by atoms with Gasteiger partial charge in [0.25, 0.3) is 5.91 Å². The highest BCUT2D eigenvalue weighted by Crippen LogP contribution is 2.24. The molecule has 1 heterocycles. The minimum absolute atomic E-state index is 0.426. The van der Waals surface area contributed by atoms with Crippen molar-refractivity contribution in [1.29, 1.82) is 0 Å². The monoisotopic (exact) mass is 378 g/mol. The first-order chi connectivity index (χ1) is 13.1. The van der Waals surface area contributed by atoms with E-state index in [4.69, 9.17) is 4.74 Å². The van der Waals surface area contributed by atoms with E-state index in [1.54, 1.807) is 6.08 Å². The highest BCUT2D eigenvalue weighted by atomic mass is 32.1. The summed E-state index contributed by atoms with van der Waals surface area (Å²) in [6.07, 6.45) is 2.01. The van der Waals surface area contributed by atoms with Gasteiger partial charge in [0.15, 0.2) is 11.2 Å². The summed E-state index contributed by atoms with van der Waals surface area (Å²) in [5, 5.41) is 5.00. The predicted molar refractivity (Wildman–Crippen MR) is 107 cm³/mol. The van der Waals surface area contributed by atoms with Gasteiger partial charge >= 0.3 is 5.97 Å². The number of benzene rings is 2. The van der Waals surface area contributed by atoms with Gasteiger partial charge in [-0.2, -0.15) is 0 Å². The first-order valence-electron chi connectivity index (χ1n) is 8.37. The number of nitrogens with one attached hydrogen (secondary N) is 1. The zero-order valence-corrected chi connectivity index (χ0v) is 15.5. The van der Waals surface area contributed by atoms with Gasteiger partial charge in [-0.3, -0.25) is 10.1 Å². The SMILES string of the molecule is C[C@@H](OC(=O)/C=C/c1ccccc1)C(=O)Nc1nc(-c2ccccc2)cs1. The molecule has 0 radical (unpaired) electrons. The quantitative estimate of drug-likeness (QED) is 0.510. The van der Waals surface area contributed by atoms with Gasteiger partial charge in [0.1, 0.15) is 0 Å². The Balaban J connectivity index is 1.54. The molecule has 0 aliphatic rings. The van der Waals surface area contributed by atoms with Gasteiger partial charge in [-0.1, -0.05) is 60.7 Å². The molecule has 1 amide bonds. The van der Waals surface area contributed by atoms with E-state index < -0.39 is 18.0 Å². The van der Waals surface area contributed by atoms with Gasteiger partial charge in [-0.15, -0.1) is 11.3 Å². The third-order valence-electron chi connectivity index (χ3n) is 3.68. The third kappa shape index (κ3) is 5.36. The standard InChI is InChI=1S/C21H18N2O3S/c1-15(26-19(24)13-12-16-8-4-2-5-9-16)20(25)23-21-22-18(14-27-21)17-10-6-3-7-11-17/h2-15H,1H3,(H,22,23,25)/b13-12+/t15-/m1/s1. The third-order valence-corrected chi connectivity index (χ3v) is 4.44. The molecule has 1 atom stereocenters. The number of rotatable bonds is 6. The number of carbonyl (C=O) groups is 2. The smallest absolute Gasteiger partial charge is 0.331 e. The van der Waals surface area contributed by atoms with Crippen LogP contribution in [0.4, 0.5) is 5.13 Å². The zero-order chi connectivity index (χ0) is 19.1. The van der Waals surface area contributed by atoms with Crippen molar-refractivity contribution in [3.05, 3.63) is 77.7 Å². The minimum atomic E-state index is -0.929. The molecule has 27 heavy (non-hydrogen) atoms. The molecule has 0 aliphatic heterocycles. The van der Waals surface area contributed by atoms with E-state index in [1.807, 2.05) is 66.0 Å². The van der Waals surface area contributed by atoms with Gasteiger partial charge in [0.05, 0.1) is 5.69 Å². The number of thiazole rings is 1. The van der Waals surface area contributed by atoms with E-state index in [0.29, 0.717) is 5.13 Å². The second kappa shape index (κ2) is 8.91. The Hall–Kier alpha value is -3.25. The van der Waals surface area contributed by atoms with Crippen LogP contribution in [0.3, 0.4) is 0 Å². The molecule has 6 heteroatoms. The van der Waals surface area contributed by atoms with Crippen LogP contribution < -0.4 is 5.32 Å². The van der Waals surface area contributed by atoms with Crippen molar-refractivity contribution in [3.8, 4) is 11.3 Å². The molecule has 0 saturated carbocycles. The summed E-state index contributed by atoms with van der Waals surface area (Å²) in [6.45, 7) is 1.52.